The number of nitrogens with zero attached hydrogens (tertiary/aromatic N) is 7. The van der Waals surface area contributed by atoms with E-state index < -0.39 is 0 Å². The summed E-state index contributed by atoms with van der Waals surface area (Å²) in [6.45, 7) is 0.790. The monoisotopic (exact) mass is 348 g/mol. The molecule has 8 nitrogen and oxygen atoms in total. The molecule has 3 aromatic rings. The zero-order valence-corrected chi connectivity index (χ0v) is 12.9. The van der Waals surface area contributed by atoms with Gasteiger partial charge in [0.15, 0.2) is 5.65 Å². The van der Waals surface area contributed by atoms with Crippen molar-refractivity contribution in [1.29, 1.82) is 0 Å². The fourth-order valence-electron chi connectivity index (χ4n) is 2.70. The predicted octanol–water partition coefficient (Wildman–Crippen LogP) is 1.14. The molecule has 1 N–H and O–H groups in total. The van der Waals surface area contributed by atoms with E-state index in [4.69, 9.17) is 0 Å². The van der Waals surface area contributed by atoms with Crippen molar-refractivity contribution >= 4 is 32.8 Å². The summed E-state index contributed by atoms with van der Waals surface area (Å²) in [7, 11) is 1.87. The Morgan fingerprint density at radius 3 is 3.10 bits per heavy atom. The second-order valence-electron chi connectivity index (χ2n) is 5.07. The third-order valence-corrected chi connectivity index (χ3v) is 4.28. The van der Waals surface area contributed by atoms with Crippen LogP contribution in [-0.2, 0) is 20.0 Å². The Hall–Kier alpha value is -2.03. The van der Waals surface area contributed by atoms with Gasteiger partial charge in [-0.1, -0.05) is 0 Å². The van der Waals surface area contributed by atoms with Crippen LogP contribution in [0.25, 0.3) is 11.0 Å². The van der Waals surface area contributed by atoms with Gasteiger partial charge in [-0.3, -0.25) is 0 Å². The van der Waals surface area contributed by atoms with Gasteiger partial charge in [-0.15, -0.1) is 0 Å². The first kappa shape index (κ1) is 12.7. The number of aromatic nitrogens is 7. The maximum Gasteiger partial charge on any atom is 0.164 e. The molecule has 0 saturated heterocycles. The predicted molar refractivity (Wildman–Crippen MR) is 79.8 cm³/mol. The standard InChI is InChI=1S/C12H13BrN8/c1-20-12-9(10(13)19-20)11(15-5-16-12)18-7-2-3-8-14-6-17-21(8)4-7/h5-7H,2-4H2,1H3,(H,15,16,18)/t7-/m0/s1. The lowest BCUT2D eigenvalue weighted by Crippen LogP contribution is -2.32. The average Bonchev–Trinajstić information content (AvgIpc) is 3.04. The normalized spacial score (nSPS) is 17.9. The van der Waals surface area contributed by atoms with E-state index >= 15 is 0 Å². The fraction of sp³-hybridized carbons (Fsp3) is 0.417. The molecule has 108 valence electrons. The molecule has 0 unspecified atom stereocenters. The van der Waals surface area contributed by atoms with Gasteiger partial charge in [0.25, 0.3) is 0 Å². The van der Waals surface area contributed by atoms with Crippen LogP contribution in [0.1, 0.15) is 12.2 Å². The summed E-state index contributed by atoms with van der Waals surface area (Å²) in [5.74, 6) is 1.84. The van der Waals surface area contributed by atoms with Crippen molar-refractivity contribution in [2.24, 2.45) is 7.05 Å². The number of hydrogen-bond donors (Lipinski definition) is 1. The van der Waals surface area contributed by atoms with Crippen molar-refractivity contribution in [1.82, 2.24) is 34.5 Å². The number of hydrogen-bond acceptors (Lipinski definition) is 6. The first-order valence-electron chi connectivity index (χ1n) is 6.69. The van der Waals surface area contributed by atoms with E-state index in [1.54, 1.807) is 17.3 Å². The summed E-state index contributed by atoms with van der Waals surface area (Å²) in [5, 5.41) is 13.0. The Balaban J connectivity index is 1.66. The maximum absolute atomic E-state index is 4.37. The highest BCUT2D eigenvalue weighted by molar-refractivity contribution is 9.10. The highest BCUT2D eigenvalue weighted by atomic mass is 79.9. The van der Waals surface area contributed by atoms with Crippen LogP contribution in [0, 0.1) is 0 Å². The second kappa shape index (κ2) is 4.76. The lowest BCUT2D eigenvalue weighted by molar-refractivity contribution is 0.441. The Kier molecular flexibility index (Phi) is 2.88. The highest BCUT2D eigenvalue weighted by Gasteiger charge is 2.22. The summed E-state index contributed by atoms with van der Waals surface area (Å²) in [5.41, 5.74) is 0.802. The molecule has 0 bridgehead atoms. The Morgan fingerprint density at radius 2 is 2.19 bits per heavy atom. The van der Waals surface area contributed by atoms with Crippen molar-refractivity contribution in [2.75, 3.05) is 5.32 Å². The molecular weight excluding hydrogens is 336 g/mol. The van der Waals surface area contributed by atoms with Gasteiger partial charge in [-0.2, -0.15) is 10.2 Å². The summed E-state index contributed by atoms with van der Waals surface area (Å²) in [6.07, 6.45) is 5.09. The van der Waals surface area contributed by atoms with Crippen LogP contribution < -0.4 is 5.32 Å². The van der Waals surface area contributed by atoms with E-state index in [-0.39, 0.29) is 6.04 Å². The van der Waals surface area contributed by atoms with E-state index in [1.807, 2.05) is 11.7 Å². The quantitative estimate of drug-likeness (QED) is 0.747. The molecule has 0 fully saturated rings. The summed E-state index contributed by atoms with van der Waals surface area (Å²) in [4.78, 5) is 12.9. The number of fused-ring (bicyclic) bond motifs is 2. The van der Waals surface area contributed by atoms with Gasteiger partial charge in [0, 0.05) is 19.5 Å². The lowest BCUT2D eigenvalue weighted by Gasteiger charge is -2.24. The Labute approximate surface area is 128 Å². The Morgan fingerprint density at radius 1 is 1.29 bits per heavy atom. The number of rotatable bonds is 2. The third kappa shape index (κ3) is 2.08. The van der Waals surface area contributed by atoms with Crippen LogP contribution in [0.2, 0.25) is 0 Å². The minimum Gasteiger partial charge on any atom is -0.365 e. The van der Waals surface area contributed by atoms with E-state index in [0.29, 0.717) is 0 Å². The van der Waals surface area contributed by atoms with Crippen LogP contribution in [0.15, 0.2) is 17.3 Å². The second-order valence-corrected chi connectivity index (χ2v) is 5.82. The minimum absolute atomic E-state index is 0.268. The van der Waals surface area contributed by atoms with Crippen molar-refractivity contribution in [3.05, 3.63) is 23.1 Å². The molecule has 3 aromatic heterocycles. The van der Waals surface area contributed by atoms with Gasteiger partial charge in [-0.25, -0.2) is 24.3 Å². The van der Waals surface area contributed by atoms with E-state index in [2.05, 4.69) is 46.4 Å². The zero-order valence-electron chi connectivity index (χ0n) is 11.4. The SMILES string of the molecule is Cn1nc(Br)c2c(N[C@H]3CCc4ncnn4C3)ncnc21. The molecule has 0 aromatic carbocycles. The summed E-state index contributed by atoms with van der Waals surface area (Å²) < 4.78 is 4.43. The maximum atomic E-state index is 4.37. The molecule has 1 aliphatic rings. The molecule has 0 amide bonds. The summed E-state index contributed by atoms with van der Waals surface area (Å²) >= 11 is 3.47. The average molecular weight is 349 g/mol. The van der Waals surface area contributed by atoms with E-state index in [9.17, 15) is 0 Å². The summed E-state index contributed by atoms with van der Waals surface area (Å²) in [6, 6.07) is 0.268. The molecule has 1 aliphatic heterocycles. The molecule has 0 aliphatic carbocycles. The molecule has 0 radical (unpaired) electrons. The topological polar surface area (TPSA) is 86.3 Å². The molecular formula is C12H13BrN8. The highest BCUT2D eigenvalue weighted by Crippen LogP contribution is 2.28. The number of aryl methyl sites for hydroxylation is 2. The van der Waals surface area contributed by atoms with Crippen molar-refractivity contribution < 1.29 is 0 Å². The molecule has 4 heterocycles. The van der Waals surface area contributed by atoms with Crippen molar-refractivity contribution in [2.45, 2.75) is 25.4 Å². The van der Waals surface area contributed by atoms with Crippen molar-refractivity contribution in [3.63, 3.8) is 0 Å². The number of nitrogens with one attached hydrogen (secondary N) is 1. The van der Waals surface area contributed by atoms with Gasteiger partial charge in [0.1, 0.15) is 28.9 Å². The molecule has 9 heteroatoms. The molecule has 21 heavy (non-hydrogen) atoms. The first-order valence-corrected chi connectivity index (χ1v) is 7.48. The zero-order chi connectivity index (χ0) is 14.4. The lowest BCUT2D eigenvalue weighted by atomic mass is 10.1. The van der Waals surface area contributed by atoms with Crippen LogP contribution in [-0.4, -0.2) is 40.6 Å². The van der Waals surface area contributed by atoms with E-state index in [1.165, 1.54) is 0 Å². The molecule has 4 rings (SSSR count). The molecule has 1 atom stereocenters. The van der Waals surface area contributed by atoms with Gasteiger partial charge in [0.2, 0.25) is 0 Å². The van der Waals surface area contributed by atoms with Crippen LogP contribution >= 0.6 is 15.9 Å². The van der Waals surface area contributed by atoms with Gasteiger partial charge in [-0.05, 0) is 22.4 Å². The molecule has 0 saturated carbocycles. The van der Waals surface area contributed by atoms with Crippen LogP contribution in [0.3, 0.4) is 0 Å². The van der Waals surface area contributed by atoms with Crippen LogP contribution in [0.5, 0.6) is 0 Å². The van der Waals surface area contributed by atoms with Gasteiger partial charge < -0.3 is 5.32 Å². The first-order chi connectivity index (χ1) is 10.2. The van der Waals surface area contributed by atoms with Gasteiger partial charge >= 0.3 is 0 Å². The van der Waals surface area contributed by atoms with Crippen molar-refractivity contribution in [3.8, 4) is 0 Å². The van der Waals surface area contributed by atoms with Gasteiger partial charge in [0.05, 0.1) is 11.9 Å². The largest absolute Gasteiger partial charge is 0.365 e. The van der Waals surface area contributed by atoms with E-state index in [0.717, 1.165) is 46.7 Å². The number of anilines is 1. The fourth-order valence-corrected chi connectivity index (χ4v) is 3.30. The third-order valence-electron chi connectivity index (χ3n) is 3.72. The Bertz CT molecular complexity index is 807. The molecule has 0 spiro atoms. The smallest absolute Gasteiger partial charge is 0.164 e. The number of halogens is 1. The minimum atomic E-state index is 0.268. The van der Waals surface area contributed by atoms with Crippen LogP contribution in [0.4, 0.5) is 5.82 Å².